The van der Waals surface area contributed by atoms with Crippen molar-refractivity contribution >= 4 is 34.9 Å². The molecular weight excluding hydrogens is 292 g/mol. The summed E-state index contributed by atoms with van der Waals surface area (Å²) in [6, 6.07) is 9.24. The first kappa shape index (κ1) is 14.9. The van der Waals surface area contributed by atoms with Crippen LogP contribution in [0.15, 0.2) is 36.4 Å². The van der Waals surface area contributed by atoms with Crippen LogP contribution in [0.2, 0.25) is 5.02 Å². The zero-order valence-electron chi connectivity index (χ0n) is 11.2. The Morgan fingerprint density at radius 3 is 2.57 bits per heavy atom. The van der Waals surface area contributed by atoms with Crippen LogP contribution < -0.4 is 11.1 Å². The lowest BCUT2D eigenvalue weighted by Gasteiger charge is -2.11. The summed E-state index contributed by atoms with van der Waals surface area (Å²) in [5.74, 6) is -1.43. The van der Waals surface area contributed by atoms with Crippen LogP contribution in [0.1, 0.15) is 26.3 Å². The van der Waals surface area contributed by atoms with Gasteiger partial charge in [-0.05, 0) is 42.8 Å². The van der Waals surface area contributed by atoms with E-state index < -0.39 is 5.97 Å². The summed E-state index contributed by atoms with van der Waals surface area (Å²) >= 11 is 5.88. The van der Waals surface area contributed by atoms with Crippen molar-refractivity contribution in [3.8, 4) is 0 Å². The first-order chi connectivity index (χ1) is 9.90. The number of anilines is 2. The zero-order chi connectivity index (χ0) is 15.6. The van der Waals surface area contributed by atoms with E-state index in [1.54, 1.807) is 25.1 Å². The lowest BCUT2D eigenvalue weighted by Crippen LogP contribution is -2.14. The minimum Gasteiger partial charge on any atom is -0.478 e. The van der Waals surface area contributed by atoms with Crippen LogP contribution in [-0.2, 0) is 0 Å². The second-order valence-corrected chi connectivity index (χ2v) is 4.88. The summed E-state index contributed by atoms with van der Waals surface area (Å²) in [6.07, 6.45) is 0. The Balaban J connectivity index is 2.29. The van der Waals surface area contributed by atoms with Crippen molar-refractivity contribution in [1.29, 1.82) is 0 Å². The Morgan fingerprint density at radius 1 is 1.24 bits per heavy atom. The second kappa shape index (κ2) is 5.85. The lowest BCUT2D eigenvalue weighted by molar-refractivity contribution is 0.0695. The monoisotopic (exact) mass is 304 g/mol. The summed E-state index contributed by atoms with van der Waals surface area (Å²) < 4.78 is 0. The van der Waals surface area contributed by atoms with Gasteiger partial charge in [-0.15, -0.1) is 0 Å². The minimum atomic E-state index is -1.04. The standard InChI is InChI=1S/C15H13ClN2O3/c1-8-10(15(20)21)3-2-4-13(8)18-14(19)9-5-6-12(17)11(16)7-9/h2-7H,17H2,1H3,(H,18,19)(H,20,21). The van der Waals surface area contributed by atoms with Crippen LogP contribution in [-0.4, -0.2) is 17.0 Å². The van der Waals surface area contributed by atoms with Gasteiger partial charge < -0.3 is 16.2 Å². The number of hydrogen-bond acceptors (Lipinski definition) is 3. The third-order valence-electron chi connectivity index (χ3n) is 3.08. The first-order valence-corrected chi connectivity index (χ1v) is 6.47. The molecule has 0 saturated heterocycles. The average Bonchev–Trinajstić information content (AvgIpc) is 2.43. The van der Waals surface area contributed by atoms with E-state index in [1.165, 1.54) is 18.2 Å². The van der Waals surface area contributed by atoms with Crippen molar-refractivity contribution in [2.45, 2.75) is 6.92 Å². The number of carboxylic acid groups (broad SMARTS) is 1. The van der Waals surface area contributed by atoms with Crippen molar-refractivity contribution < 1.29 is 14.7 Å². The molecule has 0 spiro atoms. The number of amides is 1. The highest BCUT2D eigenvalue weighted by Gasteiger charge is 2.13. The lowest BCUT2D eigenvalue weighted by atomic mass is 10.1. The molecule has 0 unspecified atom stereocenters. The molecule has 21 heavy (non-hydrogen) atoms. The number of carbonyl (C=O) groups is 2. The number of nitrogens with one attached hydrogen (secondary N) is 1. The number of hydrogen-bond donors (Lipinski definition) is 3. The Hall–Kier alpha value is -2.53. The van der Waals surface area contributed by atoms with Gasteiger partial charge in [0.1, 0.15) is 0 Å². The molecular formula is C15H13ClN2O3. The summed E-state index contributed by atoms with van der Waals surface area (Å²) in [6.45, 7) is 1.63. The molecule has 0 heterocycles. The molecule has 108 valence electrons. The van der Waals surface area contributed by atoms with Crippen LogP contribution in [0.5, 0.6) is 0 Å². The normalized spacial score (nSPS) is 10.2. The molecule has 0 atom stereocenters. The predicted molar refractivity (Wildman–Crippen MR) is 82.0 cm³/mol. The van der Waals surface area contributed by atoms with E-state index in [0.717, 1.165) is 0 Å². The molecule has 2 aromatic rings. The number of nitrogen functional groups attached to an aromatic ring is 1. The smallest absolute Gasteiger partial charge is 0.336 e. The topological polar surface area (TPSA) is 92.4 Å². The highest BCUT2D eigenvalue weighted by Crippen LogP contribution is 2.22. The molecule has 0 aliphatic heterocycles. The fraction of sp³-hybridized carbons (Fsp3) is 0.0667. The van der Waals surface area contributed by atoms with Crippen LogP contribution in [0, 0.1) is 6.92 Å². The largest absolute Gasteiger partial charge is 0.478 e. The molecule has 1 amide bonds. The number of rotatable bonds is 3. The van der Waals surface area contributed by atoms with Gasteiger partial charge in [0.15, 0.2) is 0 Å². The molecule has 4 N–H and O–H groups in total. The molecule has 0 aliphatic carbocycles. The van der Waals surface area contributed by atoms with Crippen LogP contribution in [0.4, 0.5) is 11.4 Å². The number of aromatic carboxylic acids is 1. The van der Waals surface area contributed by atoms with E-state index in [-0.39, 0.29) is 11.5 Å². The first-order valence-electron chi connectivity index (χ1n) is 6.09. The zero-order valence-corrected chi connectivity index (χ0v) is 11.9. The molecule has 0 aromatic heterocycles. The van der Waals surface area contributed by atoms with Crippen LogP contribution >= 0.6 is 11.6 Å². The summed E-state index contributed by atoms with van der Waals surface area (Å²) in [5.41, 5.74) is 7.38. The Labute approximate surface area is 126 Å². The highest BCUT2D eigenvalue weighted by atomic mass is 35.5. The summed E-state index contributed by atoms with van der Waals surface area (Å²) in [4.78, 5) is 23.2. The van der Waals surface area contributed by atoms with E-state index in [0.29, 0.717) is 27.5 Å². The van der Waals surface area contributed by atoms with Gasteiger partial charge in [0.25, 0.3) is 5.91 Å². The maximum absolute atomic E-state index is 12.2. The van der Waals surface area contributed by atoms with Gasteiger partial charge in [-0.1, -0.05) is 17.7 Å². The Bertz CT molecular complexity index is 729. The molecule has 0 bridgehead atoms. The van der Waals surface area contributed by atoms with Crippen molar-refractivity contribution in [1.82, 2.24) is 0 Å². The molecule has 6 heteroatoms. The molecule has 2 aromatic carbocycles. The number of carbonyl (C=O) groups excluding carboxylic acids is 1. The van der Waals surface area contributed by atoms with Crippen molar-refractivity contribution in [2.24, 2.45) is 0 Å². The molecule has 0 aliphatic rings. The predicted octanol–water partition coefficient (Wildman–Crippen LogP) is 3.18. The Morgan fingerprint density at radius 2 is 1.95 bits per heavy atom. The van der Waals surface area contributed by atoms with Crippen LogP contribution in [0.3, 0.4) is 0 Å². The summed E-state index contributed by atoms with van der Waals surface area (Å²) in [7, 11) is 0. The van der Waals surface area contributed by atoms with E-state index in [9.17, 15) is 9.59 Å². The van der Waals surface area contributed by atoms with E-state index in [2.05, 4.69) is 5.32 Å². The quantitative estimate of drug-likeness (QED) is 0.759. The van der Waals surface area contributed by atoms with Crippen LogP contribution in [0.25, 0.3) is 0 Å². The summed E-state index contributed by atoms with van der Waals surface area (Å²) in [5, 5.41) is 12.0. The number of nitrogens with two attached hydrogens (primary N) is 1. The average molecular weight is 305 g/mol. The minimum absolute atomic E-state index is 0.142. The van der Waals surface area contributed by atoms with Crippen molar-refractivity contribution in [3.05, 3.63) is 58.1 Å². The number of halogens is 1. The van der Waals surface area contributed by atoms with E-state index >= 15 is 0 Å². The third kappa shape index (κ3) is 3.14. The van der Waals surface area contributed by atoms with Gasteiger partial charge in [0.05, 0.1) is 16.3 Å². The van der Waals surface area contributed by atoms with Gasteiger partial charge in [0, 0.05) is 11.3 Å². The van der Waals surface area contributed by atoms with Gasteiger partial charge >= 0.3 is 5.97 Å². The van der Waals surface area contributed by atoms with Gasteiger partial charge in [-0.3, -0.25) is 4.79 Å². The van der Waals surface area contributed by atoms with E-state index in [1.807, 2.05) is 0 Å². The molecule has 5 nitrogen and oxygen atoms in total. The second-order valence-electron chi connectivity index (χ2n) is 4.47. The third-order valence-corrected chi connectivity index (χ3v) is 3.40. The maximum atomic E-state index is 12.2. The van der Waals surface area contributed by atoms with Gasteiger partial charge in [0.2, 0.25) is 0 Å². The highest BCUT2D eigenvalue weighted by molar-refractivity contribution is 6.33. The Kier molecular flexibility index (Phi) is 4.14. The van der Waals surface area contributed by atoms with E-state index in [4.69, 9.17) is 22.4 Å². The van der Waals surface area contributed by atoms with Gasteiger partial charge in [-0.2, -0.15) is 0 Å². The van der Waals surface area contributed by atoms with Crippen molar-refractivity contribution in [2.75, 3.05) is 11.1 Å². The molecule has 0 fully saturated rings. The maximum Gasteiger partial charge on any atom is 0.336 e. The number of benzene rings is 2. The van der Waals surface area contributed by atoms with Gasteiger partial charge in [-0.25, -0.2) is 4.79 Å². The molecule has 0 radical (unpaired) electrons. The number of carboxylic acids is 1. The fourth-order valence-corrected chi connectivity index (χ4v) is 2.05. The molecule has 0 saturated carbocycles. The molecule has 2 rings (SSSR count). The SMILES string of the molecule is Cc1c(NC(=O)c2ccc(N)c(Cl)c2)cccc1C(=O)O. The fourth-order valence-electron chi connectivity index (χ4n) is 1.87. The van der Waals surface area contributed by atoms with Crippen molar-refractivity contribution in [3.63, 3.8) is 0 Å².